The molecular formula is C13H17NO3. The number of aliphatic carboxylic acids is 1. The average molecular weight is 235 g/mol. The maximum atomic E-state index is 10.9. The molecule has 0 radical (unpaired) electrons. The first-order chi connectivity index (χ1) is 8.14. The van der Waals surface area contributed by atoms with Crippen molar-refractivity contribution in [3.8, 4) is 6.07 Å². The highest BCUT2D eigenvalue weighted by atomic mass is 16.5. The van der Waals surface area contributed by atoms with Crippen molar-refractivity contribution in [1.29, 1.82) is 5.26 Å². The number of methoxy groups -OCH3 is 1. The van der Waals surface area contributed by atoms with E-state index in [9.17, 15) is 4.79 Å². The third kappa shape index (κ3) is 3.89. The Kier molecular flexibility index (Phi) is 6.61. The number of nitriles is 1. The van der Waals surface area contributed by atoms with E-state index in [-0.39, 0.29) is 6.42 Å². The van der Waals surface area contributed by atoms with Gasteiger partial charge in [-0.3, -0.25) is 0 Å². The topological polar surface area (TPSA) is 70.3 Å². The van der Waals surface area contributed by atoms with Gasteiger partial charge >= 0.3 is 5.97 Å². The normalized spacial score (nSPS) is 12.6. The molecule has 1 atom stereocenters. The fourth-order valence-corrected chi connectivity index (χ4v) is 1.25. The summed E-state index contributed by atoms with van der Waals surface area (Å²) in [5, 5.41) is 17.8. The Morgan fingerprint density at radius 1 is 1.41 bits per heavy atom. The van der Waals surface area contributed by atoms with Crippen molar-refractivity contribution in [3.05, 3.63) is 35.9 Å². The predicted octanol–water partition coefficient (Wildman–Crippen LogP) is 2.25. The van der Waals surface area contributed by atoms with Crippen molar-refractivity contribution in [1.82, 2.24) is 0 Å². The fraction of sp³-hybridized carbons (Fsp3) is 0.385. The van der Waals surface area contributed by atoms with E-state index in [0.29, 0.717) is 0 Å². The molecule has 92 valence electrons. The van der Waals surface area contributed by atoms with Crippen molar-refractivity contribution in [2.75, 3.05) is 7.11 Å². The number of carbonyl (C=O) groups is 1. The first-order valence-corrected chi connectivity index (χ1v) is 5.38. The molecule has 1 aromatic carbocycles. The SMILES string of the molecule is CC.COC(C#N)(Cc1ccccc1)C(=O)O. The van der Waals surface area contributed by atoms with Gasteiger partial charge in [0, 0.05) is 13.5 Å². The van der Waals surface area contributed by atoms with E-state index in [0.717, 1.165) is 5.56 Å². The van der Waals surface area contributed by atoms with E-state index in [4.69, 9.17) is 15.1 Å². The maximum Gasteiger partial charge on any atom is 0.351 e. The van der Waals surface area contributed by atoms with Crippen LogP contribution in [-0.4, -0.2) is 23.8 Å². The summed E-state index contributed by atoms with van der Waals surface area (Å²) in [5.41, 5.74) is -1.04. The second-order valence-electron chi connectivity index (χ2n) is 3.11. The molecule has 0 bridgehead atoms. The lowest BCUT2D eigenvalue weighted by molar-refractivity contribution is -0.155. The predicted molar refractivity (Wildman–Crippen MR) is 64.5 cm³/mol. The highest BCUT2D eigenvalue weighted by molar-refractivity contribution is 5.81. The summed E-state index contributed by atoms with van der Waals surface area (Å²) < 4.78 is 4.79. The van der Waals surface area contributed by atoms with Crippen LogP contribution in [0.4, 0.5) is 0 Å². The van der Waals surface area contributed by atoms with E-state index in [2.05, 4.69) is 0 Å². The molecule has 0 spiro atoms. The van der Waals surface area contributed by atoms with Gasteiger partial charge in [0.2, 0.25) is 0 Å². The van der Waals surface area contributed by atoms with Crippen molar-refractivity contribution >= 4 is 5.97 Å². The van der Waals surface area contributed by atoms with Gasteiger partial charge in [0.05, 0.1) is 0 Å². The van der Waals surface area contributed by atoms with Crippen LogP contribution in [0.25, 0.3) is 0 Å². The van der Waals surface area contributed by atoms with Crippen LogP contribution in [0.3, 0.4) is 0 Å². The molecule has 1 rings (SSSR count). The van der Waals surface area contributed by atoms with Gasteiger partial charge in [0.25, 0.3) is 5.60 Å². The molecule has 0 saturated heterocycles. The summed E-state index contributed by atoms with van der Waals surface area (Å²) in [6, 6.07) is 10.6. The monoisotopic (exact) mass is 235 g/mol. The quantitative estimate of drug-likeness (QED) is 0.868. The van der Waals surface area contributed by atoms with Gasteiger partial charge < -0.3 is 9.84 Å². The minimum absolute atomic E-state index is 0.0379. The number of nitrogens with zero attached hydrogens (tertiary/aromatic N) is 1. The number of rotatable bonds is 4. The van der Waals surface area contributed by atoms with Gasteiger partial charge in [-0.25, -0.2) is 4.79 Å². The van der Waals surface area contributed by atoms with Gasteiger partial charge in [-0.1, -0.05) is 44.2 Å². The molecule has 0 aromatic heterocycles. The first kappa shape index (κ1) is 15.1. The van der Waals surface area contributed by atoms with Gasteiger partial charge in [-0.05, 0) is 5.56 Å². The molecule has 0 heterocycles. The molecule has 0 fully saturated rings. The van der Waals surface area contributed by atoms with Crippen LogP contribution < -0.4 is 0 Å². The van der Waals surface area contributed by atoms with E-state index in [1.165, 1.54) is 7.11 Å². The summed E-state index contributed by atoms with van der Waals surface area (Å²) in [6.45, 7) is 4.00. The Labute approximate surface area is 101 Å². The smallest absolute Gasteiger partial charge is 0.351 e. The molecule has 1 aromatic rings. The largest absolute Gasteiger partial charge is 0.478 e. The minimum atomic E-state index is -1.79. The van der Waals surface area contributed by atoms with Gasteiger partial charge in [0.1, 0.15) is 6.07 Å². The second-order valence-corrected chi connectivity index (χ2v) is 3.11. The summed E-state index contributed by atoms with van der Waals surface area (Å²) >= 11 is 0. The molecule has 0 saturated carbocycles. The Bertz CT molecular complexity index is 383. The molecule has 4 heteroatoms. The minimum Gasteiger partial charge on any atom is -0.478 e. The Morgan fingerprint density at radius 3 is 2.29 bits per heavy atom. The molecule has 0 amide bonds. The average Bonchev–Trinajstić information content (AvgIpc) is 2.39. The van der Waals surface area contributed by atoms with Crippen molar-refractivity contribution in [3.63, 3.8) is 0 Å². The Balaban J connectivity index is 0.00000121. The maximum absolute atomic E-state index is 10.9. The Hall–Kier alpha value is -1.86. The van der Waals surface area contributed by atoms with Crippen LogP contribution in [0, 0.1) is 11.3 Å². The lowest BCUT2D eigenvalue weighted by atomic mass is 9.96. The molecule has 0 aliphatic rings. The number of hydrogen-bond acceptors (Lipinski definition) is 3. The summed E-state index contributed by atoms with van der Waals surface area (Å²) in [4.78, 5) is 10.9. The van der Waals surface area contributed by atoms with Gasteiger partial charge in [-0.15, -0.1) is 0 Å². The highest BCUT2D eigenvalue weighted by Gasteiger charge is 2.39. The molecule has 4 nitrogen and oxygen atoms in total. The number of ether oxygens (including phenoxy) is 1. The summed E-state index contributed by atoms with van der Waals surface area (Å²) in [6.07, 6.45) is 0.0379. The number of benzene rings is 1. The van der Waals surface area contributed by atoms with Gasteiger partial charge in [0.15, 0.2) is 0 Å². The summed E-state index contributed by atoms with van der Waals surface area (Å²) in [5.74, 6) is -1.27. The van der Waals surface area contributed by atoms with Gasteiger partial charge in [-0.2, -0.15) is 5.26 Å². The van der Waals surface area contributed by atoms with Crippen LogP contribution in [-0.2, 0) is 16.0 Å². The van der Waals surface area contributed by atoms with E-state index < -0.39 is 11.6 Å². The molecule has 17 heavy (non-hydrogen) atoms. The number of hydrogen-bond donors (Lipinski definition) is 1. The lowest BCUT2D eigenvalue weighted by Crippen LogP contribution is -2.41. The first-order valence-electron chi connectivity index (χ1n) is 5.38. The lowest BCUT2D eigenvalue weighted by Gasteiger charge is -2.19. The zero-order chi connectivity index (χ0) is 13.3. The van der Waals surface area contributed by atoms with Crippen LogP contribution in [0.2, 0.25) is 0 Å². The third-order valence-electron chi connectivity index (χ3n) is 2.17. The van der Waals surface area contributed by atoms with Crippen molar-refractivity contribution in [2.45, 2.75) is 25.9 Å². The molecule has 0 aliphatic heterocycles. The van der Waals surface area contributed by atoms with Crippen LogP contribution in [0.5, 0.6) is 0 Å². The van der Waals surface area contributed by atoms with Crippen LogP contribution in [0.1, 0.15) is 19.4 Å². The second kappa shape index (κ2) is 7.42. The zero-order valence-electron chi connectivity index (χ0n) is 10.3. The fourth-order valence-electron chi connectivity index (χ4n) is 1.25. The zero-order valence-corrected chi connectivity index (χ0v) is 10.3. The molecule has 0 aliphatic carbocycles. The van der Waals surface area contributed by atoms with Crippen molar-refractivity contribution in [2.24, 2.45) is 0 Å². The molecular weight excluding hydrogens is 218 g/mol. The molecule has 1 N–H and O–H groups in total. The van der Waals surface area contributed by atoms with Crippen LogP contribution >= 0.6 is 0 Å². The number of carboxylic acid groups (broad SMARTS) is 1. The van der Waals surface area contributed by atoms with E-state index >= 15 is 0 Å². The third-order valence-corrected chi connectivity index (χ3v) is 2.17. The standard InChI is InChI=1S/C11H11NO3.C2H6/c1-15-11(8-12,10(13)14)7-9-5-3-2-4-6-9;1-2/h2-6H,7H2,1H3,(H,13,14);1-2H3. The number of carboxylic acids is 1. The van der Waals surface area contributed by atoms with Crippen molar-refractivity contribution < 1.29 is 14.6 Å². The Morgan fingerprint density at radius 2 is 1.94 bits per heavy atom. The highest BCUT2D eigenvalue weighted by Crippen LogP contribution is 2.16. The summed E-state index contributed by atoms with van der Waals surface area (Å²) in [7, 11) is 1.22. The van der Waals surface area contributed by atoms with E-state index in [1.807, 2.05) is 19.9 Å². The van der Waals surface area contributed by atoms with E-state index in [1.54, 1.807) is 30.3 Å². The molecule has 1 unspecified atom stereocenters. The van der Waals surface area contributed by atoms with Crippen LogP contribution in [0.15, 0.2) is 30.3 Å².